The summed E-state index contributed by atoms with van der Waals surface area (Å²) in [5.74, 6) is -0.247. The molecule has 2 aromatic rings. The lowest BCUT2D eigenvalue weighted by Crippen LogP contribution is -1.85. The van der Waals surface area contributed by atoms with Crippen LogP contribution in [0.5, 0.6) is 0 Å². The normalized spacial score (nSPS) is 10.3. The third kappa shape index (κ3) is 2.02. The molecule has 0 bridgehead atoms. The van der Waals surface area contributed by atoms with Crippen molar-refractivity contribution in [3.63, 3.8) is 0 Å². The molecule has 15 heavy (non-hydrogen) atoms. The highest BCUT2D eigenvalue weighted by Crippen LogP contribution is 2.30. The van der Waals surface area contributed by atoms with Gasteiger partial charge in [0.05, 0.1) is 0 Å². The average Bonchev–Trinajstić information content (AvgIpc) is 2.20. The number of rotatable bonds is 1. The fourth-order valence-electron chi connectivity index (χ4n) is 1.52. The van der Waals surface area contributed by atoms with E-state index in [0.29, 0.717) is 10.6 Å². The third-order valence-electron chi connectivity index (χ3n) is 2.29. The highest BCUT2D eigenvalue weighted by atomic mass is 35.5. The molecule has 0 aliphatic carbocycles. The maximum absolute atomic E-state index is 13.5. The van der Waals surface area contributed by atoms with Gasteiger partial charge in [-0.15, -0.1) is 0 Å². The molecule has 0 radical (unpaired) electrons. The molecule has 0 N–H and O–H groups in total. The van der Waals surface area contributed by atoms with Crippen LogP contribution >= 0.6 is 11.6 Å². The summed E-state index contributed by atoms with van der Waals surface area (Å²) in [5.41, 5.74) is 2.35. The molecule has 0 unspecified atom stereocenters. The molecular formula is C13H10ClF. The Morgan fingerprint density at radius 3 is 2.40 bits per heavy atom. The van der Waals surface area contributed by atoms with Gasteiger partial charge in [-0.25, -0.2) is 4.39 Å². The van der Waals surface area contributed by atoms with Crippen molar-refractivity contribution in [2.24, 2.45) is 0 Å². The van der Waals surface area contributed by atoms with Gasteiger partial charge < -0.3 is 0 Å². The first-order valence-electron chi connectivity index (χ1n) is 4.69. The molecular weight excluding hydrogens is 211 g/mol. The third-order valence-corrected chi connectivity index (χ3v) is 2.60. The van der Waals surface area contributed by atoms with E-state index in [9.17, 15) is 4.39 Å². The van der Waals surface area contributed by atoms with E-state index in [-0.39, 0.29) is 5.82 Å². The smallest absolute Gasteiger partial charge is 0.131 e. The first kappa shape index (κ1) is 10.2. The summed E-state index contributed by atoms with van der Waals surface area (Å²) in [7, 11) is 0. The maximum atomic E-state index is 13.5. The van der Waals surface area contributed by atoms with E-state index in [2.05, 4.69) is 0 Å². The molecule has 2 aromatic carbocycles. The number of hydrogen-bond donors (Lipinski definition) is 0. The van der Waals surface area contributed by atoms with E-state index in [0.717, 1.165) is 11.1 Å². The second-order valence-corrected chi connectivity index (χ2v) is 3.87. The molecule has 0 atom stereocenters. The van der Waals surface area contributed by atoms with Gasteiger partial charge in [0.25, 0.3) is 0 Å². The van der Waals surface area contributed by atoms with Crippen LogP contribution in [0.1, 0.15) is 5.56 Å². The van der Waals surface area contributed by atoms with Gasteiger partial charge in [0.15, 0.2) is 0 Å². The summed E-state index contributed by atoms with van der Waals surface area (Å²) in [6.07, 6.45) is 0. The molecule has 0 spiro atoms. The highest BCUT2D eigenvalue weighted by Gasteiger charge is 2.07. The van der Waals surface area contributed by atoms with Gasteiger partial charge in [0, 0.05) is 16.1 Å². The first-order valence-corrected chi connectivity index (χ1v) is 5.07. The monoisotopic (exact) mass is 220 g/mol. The van der Waals surface area contributed by atoms with Crippen LogP contribution in [-0.2, 0) is 0 Å². The van der Waals surface area contributed by atoms with Crippen molar-refractivity contribution in [1.29, 1.82) is 0 Å². The van der Waals surface area contributed by atoms with Crippen LogP contribution in [-0.4, -0.2) is 0 Å². The molecule has 0 amide bonds. The SMILES string of the molecule is Cc1ccc(-c2ccccc2F)c(Cl)c1. The quantitative estimate of drug-likeness (QED) is 0.666. The molecule has 0 aromatic heterocycles. The van der Waals surface area contributed by atoms with E-state index >= 15 is 0 Å². The molecule has 0 aliphatic rings. The van der Waals surface area contributed by atoms with Crippen molar-refractivity contribution in [1.82, 2.24) is 0 Å². The fourth-order valence-corrected chi connectivity index (χ4v) is 1.86. The van der Waals surface area contributed by atoms with Crippen molar-refractivity contribution in [2.75, 3.05) is 0 Å². The van der Waals surface area contributed by atoms with Crippen LogP contribution in [0.2, 0.25) is 5.02 Å². The van der Waals surface area contributed by atoms with E-state index in [1.54, 1.807) is 18.2 Å². The number of halogens is 2. The highest BCUT2D eigenvalue weighted by molar-refractivity contribution is 6.33. The van der Waals surface area contributed by atoms with Crippen molar-refractivity contribution >= 4 is 11.6 Å². The summed E-state index contributed by atoms with van der Waals surface area (Å²) < 4.78 is 13.5. The topological polar surface area (TPSA) is 0 Å². The van der Waals surface area contributed by atoms with Gasteiger partial charge in [0.2, 0.25) is 0 Å². The number of hydrogen-bond acceptors (Lipinski definition) is 0. The van der Waals surface area contributed by atoms with E-state index in [4.69, 9.17) is 11.6 Å². The lowest BCUT2D eigenvalue weighted by molar-refractivity contribution is 0.631. The van der Waals surface area contributed by atoms with Crippen LogP contribution in [0.4, 0.5) is 4.39 Å². The minimum absolute atomic E-state index is 0.247. The fraction of sp³-hybridized carbons (Fsp3) is 0.0769. The maximum Gasteiger partial charge on any atom is 0.131 e. The van der Waals surface area contributed by atoms with Crippen molar-refractivity contribution in [2.45, 2.75) is 6.92 Å². The van der Waals surface area contributed by atoms with E-state index in [1.807, 2.05) is 25.1 Å². The van der Waals surface area contributed by atoms with Crippen LogP contribution in [0.25, 0.3) is 11.1 Å². The Morgan fingerprint density at radius 1 is 1.00 bits per heavy atom. The molecule has 76 valence electrons. The predicted molar refractivity (Wildman–Crippen MR) is 61.6 cm³/mol. The first-order chi connectivity index (χ1) is 7.18. The van der Waals surface area contributed by atoms with Gasteiger partial charge >= 0.3 is 0 Å². The second-order valence-electron chi connectivity index (χ2n) is 3.46. The molecule has 0 fully saturated rings. The van der Waals surface area contributed by atoms with Gasteiger partial charge in [-0.3, -0.25) is 0 Å². The zero-order valence-electron chi connectivity index (χ0n) is 8.30. The van der Waals surface area contributed by atoms with Crippen molar-refractivity contribution < 1.29 is 4.39 Å². The largest absolute Gasteiger partial charge is 0.206 e. The molecule has 0 saturated carbocycles. The zero-order valence-corrected chi connectivity index (χ0v) is 9.05. The molecule has 0 nitrogen and oxygen atoms in total. The van der Waals surface area contributed by atoms with Gasteiger partial charge in [-0.2, -0.15) is 0 Å². The lowest BCUT2D eigenvalue weighted by atomic mass is 10.0. The summed E-state index contributed by atoms with van der Waals surface area (Å²) in [6, 6.07) is 12.2. The van der Waals surface area contributed by atoms with E-state index < -0.39 is 0 Å². The molecule has 0 aliphatic heterocycles. The Hall–Kier alpha value is -1.34. The second kappa shape index (κ2) is 4.03. The molecule has 0 saturated heterocycles. The lowest BCUT2D eigenvalue weighted by Gasteiger charge is -2.06. The van der Waals surface area contributed by atoms with Crippen molar-refractivity contribution in [3.05, 3.63) is 58.9 Å². The Bertz CT molecular complexity index is 492. The van der Waals surface area contributed by atoms with Crippen LogP contribution < -0.4 is 0 Å². The number of benzene rings is 2. The minimum Gasteiger partial charge on any atom is -0.206 e. The summed E-state index contributed by atoms with van der Waals surface area (Å²) >= 11 is 6.07. The summed E-state index contributed by atoms with van der Waals surface area (Å²) in [6.45, 7) is 1.96. The van der Waals surface area contributed by atoms with Crippen LogP contribution in [0.15, 0.2) is 42.5 Å². The number of aryl methyl sites for hydroxylation is 1. The predicted octanol–water partition coefficient (Wildman–Crippen LogP) is 4.45. The van der Waals surface area contributed by atoms with E-state index in [1.165, 1.54) is 6.07 Å². The molecule has 2 rings (SSSR count). The van der Waals surface area contributed by atoms with Gasteiger partial charge in [0.1, 0.15) is 5.82 Å². The summed E-state index contributed by atoms with van der Waals surface area (Å²) in [5, 5.41) is 0.583. The van der Waals surface area contributed by atoms with Crippen LogP contribution in [0.3, 0.4) is 0 Å². The van der Waals surface area contributed by atoms with Crippen LogP contribution in [0, 0.1) is 12.7 Å². The zero-order chi connectivity index (χ0) is 10.8. The average molecular weight is 221 g/mol. The summed E-state index contributed by atoms with van der Waals surface area (Å²) in [4.78, 5) is 0. The Labute approximate surface area is 93.3 Å². The minimum atomic E-state index is -0.247. The van der Waals surface area contributed by atoms with Crippen molar-refractivity contribution in [3.8, 4) is 11.1 Å². The van der Waals surface area contributed by atoms with Gasteiger partial charge in [-0.1, -0.05) is 41.9 Å². The standard InChI is InChI=1S/C13H10ClF/c1-9-6-7-10(12(14)8-9)11-4-2-3-5-13(11)15/h2-8H,1H3. The Balaban J connectivity index is 2.60. The Kier molecular flexibility index (Phi) is 2.74. The van der Waals surface area contributed by atoms with Gasteiger partial charge in [-0.05, 0) is 24.6 Å². The Morgan fingerprint density at radius 2 is 1.73 bits per heavy atom. The molecule has 0 heterocycles. The molecule has 2 heteroatoms.